The van der Waals surface area contributed by atoms with Gasteiger partial charge in [0.05, 0.1) is 0 Å². The fourth-order valence-corrected chi connectivity index (χ4v) is 1.43. The number of nitrogens with one attached hydrogen (secondary N) is 1. The lowest BCUT2D eigenvalue weighted by Crippen LogP contribution is -2.21. The number of para-hydroxylation sites is 1. The molecule has 4 heteroatoms. The number of benzene rings is 1. The third-order valence-corrected chi connectivity index (χ3v) is 2.38. The van der Waals surface area contributed by atoms with E-state index >= 15 is 0 Å². The second kappa shape index (κ2) is 5.58. The Bertz CT molecular complexity index is 359. The van der Waals surface area contributed by atoms with Crippen LogP contribution in [0.15, 0.2) is 18.2 Å². The van der Waals surface area contributed by atoms with Gasteiger partial charge < -0.3 is 5.32 Å². The Kier molecular flexibility index (Phi) is 4.40. The minimum absolute atomic E-state index is 0.246. The van der Waals surface area contributed by atoms with E-state index in [9.17, 15) is 13.6 Å². The van der Waals surface area contributed by atoms with Gasteiger partial charge in [-0.2, -0.15) is 0 Å². The number of anilines is 1. The molecule has 0 fully saturated rings. The van der Waals surface area contributed by atoms with Crippen LogP contribution in [0.5, 0.6) is 0 Å². The molecule has 0 aliphatic heterocycles. The van der Waals surface area contributed by atoms with Crippen LogP contribution in [0.3, 0.4) is 0 Å². The summed E-state index contributed by atoms with van der Waals surface area (Å²) in [4.78, 5) is 11.6. The van der Waals surface area contributed by atoms with E-state index in [4.69, 9.17) is 0 Å². The number of carbonyl (C=O) groups is 1. The lowest BCUT2D eigenvalue weighted by atomic mass is 10.1. The summed E-state index contributed by atoms with van der Waals surface area (Å²) in [6, 6.07) is 3.49. The van der Waals surface area contributed by atoms with Gasteiger partial charge >= 0.3 is 0 Å². The summed E-state index contributed by atoms with van der Waals surface area (Å²) in [5.74, 6) is -2.11. The Labute approximate surface area is 93.7 Å². The molecule has 2 nitrogen and oxygen atoms in total. The van der Waals surface area contributed by atoms with Crippen LogP contribution in [0, 0.1) is 17.6 Å². The van der Waals surface area contributed by atoms with Gasteiger partial charge in [-0.05, 0) is 18.6 Å². The Morgan fingerprint density at radius 3 is 2.44 bits per heavy atom. The van der Waals surface area contributed by atoms with Crippen molar-refractivity contribution in [3.8, 4) is 0 Å². The average Bonchev–Trinajstić information content (AvgIpc) is 2.23. The summed E-state index contributed by atoms with van der Waals surface area (Å²) in [5, 5.41) is 2.27. The van der Waals surface area contributed by atoms with E-state index in [0.717, 1.165) is 18.6 Å². The van der Waals surface area contributed by atoms with Crippen molar-refractivity contribution in [2.45, 2.75) is 26.7 Å². The molecule has 1 aromatic carbocycles. The number of hydrogen-bond acceptors (Lipinski definition) is 1. The Balaban J connectivity index is 2.77. The zero-order valence-corrected chi connectivity index (χ0v) is 9.39. The largest absolute Gasteiger partial charge is 0.321 e. The van der Waals surface area contributed by atoms with Crippen molar-refractivity contribution < 1.29 is 13.6 Å². The molecule has 0 saturated heterocycles. The van der Waals surface area contributed by atoms with Crippen molar-refractivity contribution in [1.82, 2.24) is 0 Å². The molecule has 0 bridgehead atoms. The van der Waals surface area contributed by atoms with Gasteiger partial charge in [0.15, 0.2) is 0 Å². The van der Waals surface area contributed by atoms with E-state index in [2.05, 4.69) is 5.32 Å². The smallest absolute Gasteiger partial charge is 0.227 e. The number of carbonyl (C=O) groups excluding carboxylic acids is 1. The highest BCUT2D eigenvalue weighted by atomic mass is 19.1. The van der Waals surface area contributed by atoms with E-state index in [1.165, 1.54) is 6.07 Å². The number of hydrogen-bond donors (Lipinski definition) is 1. The maximum Gasteiger partial charge on any atom is 0.227 e. The maximum atomic E-state index is 13.2. The molecule has 0 heterocycles. The number of halogens is 2. The SMILES string of the molecule is CCCC(C)C(=O)Nc1c(F)cccc1F. The van der Waals surface area contributed by atoms with Gasteiger partial charge in [-0.15, -0.1) is 0 Å². The van der Waals surface area contributed by atoms with E-state index in [1.807, 2.05) is 6.92 Å². The van der Waals surface area contributed by atoms with E-state index in [-0.39, 0.29) is 17.5 Å². The molecule has 88 valence electrons. The highest BCUT2D eigenvalue weighted by Crippen LogP contribution is 2.19. The molecule has 0 spiro atoms. The van der Waals surface area contributed by atoms with Crippen LogP contribution >= 0.6 is 0 Å². The van der Waals surface area contributed by atoms with Crippen LogP contribution in [0.25, 0.3) is 0 Å². The fraction of sp³-hybridized carbons (Fsp3) is 0.417. The minimum Gasteiger partial charge on any atom is -0.321 e. The summed E-state index contributed by atoms with van der Waals surface area (Å²) >= 11 is 0. The summed E-state index contributed by atoms with van der Waals surface area (Å²) in [7, 11) is 0. The quantitative estimate of drug-likeness (QED) is 0.839. The molecular formula is C12H15F2NO. The zero-order chi connectivity index (χ0) is 12.1. The molecule has 16 heavy (non-hydrogen) atoms. The van der Waals surface area contributed by atoms with Crippen LogP contribution < -0.4 is 5.32 Å². The molecule has 1 atom stereocenters. The van der Waals surface area contributed by atoms with Crippen LogP contribution in [0.4, 0.5) is 14.5 Å². The molecule has 1 N–H and O–H groups in total. The third kappa shape index (κ3) is 3.02. The first-order valence-electron chi connectivity index (χ1n) is 5.31. The zero-order valence-electron chi connectivity index (χ0n) is 9.39. The summed E-state index contributed by atoms with van der Waals surface area (Å²) < 4.78 is 26.4. The molecule has 1 aromatic rings. The standard InChI is InChI=1S/C12H15F2NO/c1-3-5-8(2)12(16)15-11-9(13)6-4-7-10(11)14/h4,6-8H,3,5H2,1-2H3,(H,15,16). The topological polar surface area (TPSA) is 29.1 Å². The van der Waals surface area contributed by atoms with Gasteiger partial charge in [0.2, 0.25) is 5.91 Å². The predicted octanol–water partition coefficient (Wildman–Crippen LogP) is 3.34. The first kappa shape index (κ1) is 12.6. The van der Waals surface area contributed by atoms with Gasteiger partial charge in [0, 0.05) is 5.92 Å². The highest BCUT2D eigenvalue weighted by Gasteiger charge is 2.16. The first-order chi connectivity index (χ1) is 7.56. The van der Waals surface area contributed by atoms with E-state index in [0.29, 0.717) is 6.42 Å². The van der Waals surface area contributed by atoms with Crippen LogP contribution in [0.1, 0.15) is 26.7 Å². The Hall–Kier alpha value is -1.45. The van der Waals surface area contributed by atoms with Crippen molar-refractivity contribution in [1.29, 1.82) is 0 Å². The number of rotatable bonds is 4. The van der Waals surface area contributed by atoms with Crippen LogP contribution in [0.2, 0.25) is 0 Å². The summed E-state index contributed by atoms with van der Waals surface area (Å²) in [5.41, 5.74) is -0.365. The van der Waals surface area contributed by atoms with E-state index in [1.54, 1.807) is 6.92 Å². The molecule has 1 rings (SSSR count). The minimum atomic E-state index is -0.753. The molecule has 0 aromatic heterocycles. The van der Waals surface area contributed by atoms with Crippen molar-refractivity contribution in [2.75, 3.05) is 5.32 Å². The van der Waals surface area contributed by atoms with Crippen molar-refractivity contribution in [2.24, 2.45) is 5.92 Å². The molecule has 0 aliphatic rings. The molecule has 1 unspecified atom stereocenters. The molecular weight excluding hydrogens is 212 g/mol. The predicted molar refractivity (Wildman–Crippen MR) is 59.1 cm³/mol. The van der Waals surface area contributed by atoms with Gasteiger partial charge in [0.25, 0.3) is 0 Å². The third-order valence-electron chi connectivity index (χ3n) is 2.38. The van der Waals surface area contributed by atoms with Crippen molar-refractivity contribution >= 4 is 11.6 Å². The van der Waals surface area contributed by atoms with Crippen molar-refractivity contribution in [3.63, 3.8) is 0 Å². The van der Waals surface area contributed by atoms with Gasteiger partial charge in [0.1, 0.15) is 17.3 Å². The molecule has 0 saturated carbocycles. The summed E-state index contributed by atoms with van der Waals surface area (Å²) in [6.07, 6.45) is 1.55. The van der Waals surface area contributed by atoms with Crippen molar-refractivity contribution in [3.05, 3.63) is 29.8 Å². The van der Waals surface area contributed by atoms with Crippen LogP contribution in [-0.2, 0) is 4.79 Å². The van der Waals surface area contributed by atoms with E-state index < -0.39 is 11.6 Å². The molecule has 1 amide bonds. The van der Waals surface area contributed by atoms with Gasteiger partial charge in [-0.3, -0.25) is 4.79 Å². The maximum absolute atomic E-state index is 13.2. The average molecular weight is 227 g/mol. The summed E-state index contributed by atoms with van der Waals surface area (Å²) in [6.45, 7) is 3.69. The first-order valence-corrected chi connectivity index (χ1v) is 5.31. The number of amides is 1. The normalized spacial score (nSPS) is 12.2. The fourth-order valence-electron chi connectivity index (χ4n) is 1.43. The van der Waals surface area contributed by atoms with Gasteiger partial charge in [-0.1, -0.05) is 26.3 Å². The Morgan fingerprint density at radius 2 is 1.94 bits per heavy atom. The Morgan fingerprint density at radius 1 is 1.38 bits per heavy atom. The second-order valence-electron chi connectivity index (χ2n) is 3.78. The lowest BCUT2D eigenvalue weighted by Gasteiger charge is -2.12. The molecule has 0 aliphatic carbocycles. The second-order valence-corrected chi connectivity index (χ2v) is 3.78. The van der Waals surface area contributed by atoms with Gasteiger partial charge in [-0.25, -0.2) is 8.78 Å². The highest BCUT2D eigenvalue weighted by molar-refractivity contribution is 5.92. The van der Waals surface area contributed by atoms with Crippen LogP contribution in [-0.4, -0.2) is 5.91 Å². The monoisotopic (exact) mass is 227 g/mol. The lowest BCUT2D eigenvalue weighted by molar-refractivity contribution is -0.119. The molecule has 0 radical (unpaired) electrons.